The highest BCUT2D eigenvalue weighted by Gasteiger charge is 2.75. The minimum atomic E-state index is -1.78. The molecule has 14 heteroatoms. The zero-order chi connectivity index (χ0) is 43.1. The van der Waals surface area contributed by atoms with Crippen LogP contribution in [0.25, 0.3) is 0 Å². The molecule has 2 aliphatic carbocycles. The minimum Gasteiger partial charge on any atom is -0.491 e. The Hall–Kier alpha value is -3.98. The number of carbonyl (C=O) groups is 2. The smallest absolute Gasteiger partial charge is 0.338 e. The molecule has 57 heavy (non-hydrogen) atoms. The molecule has 0 aromatic carbocycles. The molecule has 0 saturated carbocycles. The molecule has 0 radical (unpaired) electrons. The fourth-order valence-electron chi connectivity index (χ4n) is 7.26. The summed E-state index contributed by atoms with van der Waals surface area (Å²) in [7, 11) is 0. The van der Waals surface area contributed by atoms with Gasteiger partial charge in [0.1, 0.15) is 0 Å². The molecule has 4 unspecified atom stereocenters. The first kappa shape index (κ1) is 49.2. The van der Waals surface area contributed by atoms with Crippen LogP contribution in [0.15, 0.2) is 70.4 Å². The third-order valence-corrected chi connectivity index (χ3v) is 9.27. The van der Waals surface area contributed by atoms with E-state index < -0.39 is 40.8 Å². The summed E-state index contributed by atoms with van der Waals surface area (Å²) in [5, 5.41) is 0. The van der Waals surface area contributed by atoms with Crippen LogP contribution in [-0.4, -0.2) is 101 Å². The van der Waals surface area contributed by atoms with Gasteiger partial charge in [0.15, 0.2) is 46.4 Å². The monoisotopic (exact) mass is 808 g/mol. The normalized spacial score (nSPS) is 22.6. The maximum absolute atomic E-state index is 13.3. The van der Waals surface area contributed by atoms with E-state index in [1.165, 1.54) is 0 Å². The molecule has 0 aromatic rings. The second-order valence-electron chi connectivity index (χ2n) is 13.3. The van der Waals surface area contributed by atoms with Gasteiger partial charge in [-0.3, -0.25) is 0 Å². The summed E-state index contributed by atoms with van der Waals surface area (Å²) in [5.74, 6) is -0.928. The summed E-state index contributed by atoms with van der Waals surface area (Å²) < 4.78 is 78.9. The summed E-state index contributed by atoms with van der Waals surface area (Å²) in [4.78, 5) is 26.7. The van der Waals surface area contributed by atoms with Gasteiger partial charge in [-0.1, -0.05) is 27.0 Å². The topological polar surface area (TPSA) is 145 Å². The van der Waals surface area contributed by atoms with Gasteiger partial charge in [-0.15, -0.1) is 0 Å². The van der Waals surface area contributed by atoms with Gasteiger partial charge in [-0.05, 0) is 83.1 Å². The van der Waals surface area contributed by atoms with Crippen molar-refractivity contribution >= 4 is 11.9 Å². The van der Waals surface area contributed by atoms with E-state index >= 15 is 0 Å². The summed E-state index contributed by atoms with van der Waals surface area (Å²) in [5.41, 5.74) is -4.77. The van der Waals surface area contributed by atoms with Crippen LogP contribution in [0.3, 0.4) is 0 Å². The van der Waals surface area contributed by atoms with Gasteiger partial charge in [-0.2, -0.15) is 0 Å². The highest BCUT2D eigenvalue weighted by molar-refractivity contribution is 5.88. The van der Waals surface area contributed by atoms with Crippen LogP contribution < -0.4 is 0 Å². The van der Waals surface area contributed by atoms with Gasteiger partial charge in [-0.25, -0.2) is 9.59 Å². The van der Waals surface area contributed by atoms with Crippen LogP contribution in [0.2, 0.25) is 0 Å². The third-order valence-electron chi connectivity index (χ3n) is 9.27. The molecule has 0 heterocycles. The number of esters is 2. The van der Waals surface area contributed by atoms with Crippen LogP contribution in [0, 0.1) is 5.41 Å². The van der Waals surface area contributed by atoms with Crippen LogP contribution in [0.1, 0.15) is 96.9 Å². The summed E-state index contributed by atoms with van der Waals surface area (Å²) in [6.07, 6.45) is -2.40. The molecule has 0 fully saturated rings. The third kappa shape index (κ3) is 9.34. The predicted octanol–water partition coefficient (Wildman–Crippen LogP) is 7.70. The van der Waals surface area contributed by atoms with Crippen LogP contribution in [0.5, 0.6) is 0 Å². The van der Waals surface area contributed by atoms with E-state index in [2.05, 4.69) is 13.2 Å². The second-order valence-corrected chi connectivity index (χ2v) is 13.3. The first-order valence-corrected chi connectivity index (χ1v) is 20.1. The number of hydrogen-bond acceptors (Lipinski definition) is 14. The fourth-order valence-corrected chi connectivity index (χ4v) is 7.26. The molecule has 324 valence electrons. The molecule has 0 aliphatic heterocycles. The lowest BCUT2D eigenvalue weighted by Crippen LogP contribution is -2.74. The summed E-state index contributed by atoms with van der Waals surface area (Å²) in [6.45, 7) is 33.9. The lowest BCUT2D eigenvalue weighted by molar-refractivity contribution is -0.284. The van der Waals surface area contributed by atoms with E-state index in [0.717, 1.165) is 0 Å². The van der Waals surface area contributed by atoms with Crippen molar-refractivity contribution in [2.75, 3.05) is 66.1 Å². The molecule has 0 bridgehead atoms. The Kier molecular flexibility index (Phi) is 19.2. The van der Waals surface area contributed by atoms with Crippen molar-refractivity contribution in [2.45, 2.75) is 120 Å². The molecular weight excluding hydrogens is 740 g/mol. The highest BCUT2D eigenvalue weighted by atomic mass is 16.6. The molecule has 2 aliphatic rings. The highest BCUT2D eigenvalue weighted by Crippen LogP contribution is 2.63. The van der Waals surface area contributed by atoms with Gasteiger partial charge < -0.3 is 56.8 Å². The molecule has 4 atom stereocenters. The van der Waals surface area contributed by atoms with E-state index in [4.69, 9.17) is 56.8 Å². The lowest BCUT2D eigenvalue weighted by Gasteiger charge is -2.61. The van der Waals surface area contributed by atoms with Crippen molar-refractivity contribution in [2.24, 2.45) is 5.41 Å². The van der Waals surface area contributed by atoms with Crippen LogP contribution in [0.4, 0.5) is 0 Å². The van der Waals surface area contributed by atoms with E-state index in [0.29, 0.717) is 0 Å². The SMILES string of the molecule is C=C(C)C(=O)OC1=C(OCC)C(OCC)C(OCC)(C(C)(C)C2(OCC)C(OCC)=C(OCC)C(OC(=O)C(=C)C)=C(OCC)C2OCC)C(OCC)=C1OCC. The standard InChI is InChI=1S/C43H68O14/c1-17-46-31-29(56-39(44)27(11)12)32(47-18-2)36(51-22-6)42(54-25-9,35(31)50-21-5)41(15,16)43(55-26-10)37(52-23-7)33(48-19-3)30(57-40(45)28(13)14)34(49-20-4)38(43)53-24-8/h35,37H,11,13,17-26H2,1-10,12,14-16H3. The molecule has 0 spiro atoms. The van der Waals surface area contributed by atoms with Gasteiger partial charge in [0, 0.05) is 43.0 Å². The van der Waals surface area contributed by atoms with Gasteiger partial charge in [0.25, 0.3) is 0 Å². The molecular formula is C43H68O14. The predicted molar refractivity (Wildman–Crippen MR) is 213 cm³/mol. The molecule has 0 saturated heterocycles. The zero-order valence-corrected chi connectivity index (χ0v) is 36.9. The first-order valence-electron chi connectivity index (χ1n) is 20.1. The van der Waals surface area contributed by atoms with Gasteiger partial charge >= 0.3 is 11.9 Å². The Morgan fingerprint density at radius 2 is 0.807 bits per heavy atom. The quantitative estimate of drug-likeness (QED) is 0.0621. The molecule has 2 rings (SSSR count). The Morgan fingerprint density at radius 3 is 1.05 bits per heavy atom. The number of ether oxygens (including phenoxy) is 12. The molecule has 14 nitrogen and oxygen atoms in total. The van der Waals surface area contributed by atoms with Gasteiger partial charge in [0.05, 0.1) is 39.6 Å². The Labute approximate surface area is 340 Å². The van der Waals surface area contributed by atoms with E-state index in [1.54, 1.807) is 41.5 Å². The number of rotatable bonds is 26. The molecule has 0 amide bonds. The summed E-state index contributed by atoms with van der Waals surface area (Å²) in [6, 6.07) is 0. The van der Waals surface area contributed by atoms with E-state index in [-0.39, 0.29) is 123 Å². The number of carbonyl (C=O) groups excluding carboxylic acids is 2. The second kappa shape index (κ2) is 22.2. The van der Waals surface area contributed by atoms with Crippen molar-refractivity contribution in [3.8, 4) is 0 Å². The zero-order valence-electron chi connectivity index (χ0n) is 36.9. The Bertz CT molecular complexity index is 1440. The molecule has 0 aromatic heterocycles. The van der Waals surface area contributed by atoms with Crippen LogP contribution in [-0.2, 0) is 66.4 Å². The van der Waals surface area contributed by atoms with Crippen molar-refractivity contribution in [3.05, 3.63) is 70.4 Å². The minimum absolute atomic E-state index is 0.0466. The van der Waals surface area contributed by atoms with Crippen molar-refractivity contribution in [1.29, 1.82) is 0 Å². The fraction of sp³-hybridized carbons (Fsp3) is 0.674. The average Bonchev–Trinajstić information content (AvgIpc) is 3.16. The lowest BCUT2D eigenvalue weighted by atomic mass is 9.55. The maximum Gasteiger partial charge on any atom is 0.338 e. The summed E-state index contributed by atoms with van der Waals surface area (Å²) >= 11 is 0. The maximum atomic E-state index is 13.3. The number of hydrogen-bond donors (Lipinski definition) is 0. The van der Waals surface area contributed by atoms with Crippen molar-refractivity contribution in [3.63, 3.8) is 0 Å². The van der Waals surface area contributed by atoms with E-state index in [9.17, 15) is 9.59 Å². The molecule has 0 N–H and O–H groups in total. The van der Waals surface area contributed by atoms with Crippen molar-refractivity contribution in [1.82, 2.24) is 0 Å². The average molecular weight is 809 g/mol. The Morgan fingerprint density at radius 1 is 0.491 bits per heavy atom. The van der Waals surface area contributed by atoms with Crippen LogP contribution >= 0.6 is 0 Å². The largest absolute Gasteiger partial charge is 0.491 e. The van der Waals surface area contributed by atoms with E-state index in [1.807, 2.05) is 55.4 Å². The van der Waals surface area contributed by atoms with Gasteiger partial charge in [0.2, 0.25) is 23.0 Å². The Balaban J connectivity index is 3.57. The van der Waals surface area contributed by atoms with Crippen molar-refractivity contribution < 1.29 is 66.4 Å². The first-order chi connectivity index (χ1) is 27.1.